The molecule has 5 heterocycles. The first-order chi connectivity index (χ1) is 19.0. The SMILES string of the molecule is Cn1cc(-c2cc(-c3cnc(N4CCN(C(=O)C(O)c5ccccc5)CC4)cn3)c3c(C#N)cnn3c2)cn1. The molecule has 1 N–H and O–H groups in total. The van der Waals surface area contributed by atoms with Crippen molar-refractivity contribution in [1.29, 1.82) is 5.26 Å². The van der Waals surface area contributed by atoms with Gasteiger partial charge in [0, 0.05) is 62.3 Å². The van der Waals surface area contributed by atoms with Crippen LogP contribution in [0.25, 0.3) is 27.9 Å². The number of carbonyl (C=O) groups excluding carboxylic acids is 1. The zero-order valence-corrected chi connectivity index (χ0v) is 21.2. The first-order valence-electron chi connectivity index (χ1n) is 12.5. The smallest absolute Gasteiger partial charge is 0.256 e. The van der Waals surface area contributed by atoms with Crippen LogP contribution in [-0.2, 0) is 11.8 Å². The predicted octanol–water partition coefficient (Wildman–Crippen LogP) is 2.45. The summed E-state index contributed by atoms with van der Waals surface area (Å²) in [4.78, 5) is 25.9. The second-order valence-electron chi connectivity index (χ2n) is 9.39. The molecule has 6 rings (SSSR count). The molecule has 194 valence electrons. The van der Waals surface area contributed by atoms with Crippen molar-refractivity contribution in [2.45, 2.75) is 6.10 Å². The minimum absolute atomic E-state index is 0.297. The summed E-state index contributed by atoms with van der Waals surface area (Å²) in [6.07, 6.45) is 9.34. The minimum atomic E-state index is -1.17. The molecule has 1 fully saturated rings. The normalized spacial score (nSPS) is 14.4. The van der Waals surface area contributed by atoms with E-state index in [4.69, 9.17) is 4.98 Å². The van der Waals surface area contributed by atoms with Gasteiger partial charge in [0.25, 0.3) is 5.91 Å². The fraction of sp³-hybridized carbons (Fsp3) is 0.214. The van der Waals surface area contributed by atoms with Crippen molar-refractivity contribution in [2.75, 3.05) is 31.1 Å². The molecule has 1 aromatic carbocycles. The summed E-state index contributed by atoms with van der Waals surface area (Å²) in [7, 11) is 1.86. The van der Waals surface area contributed by atoms with Gasteiger partial charge < -0.3 is 14.9 Å². The molecular formula is C28H25N9O2. The van der Waals surface area contributed by atoms with Gasteiger partial charge in [-0.3, -0.25) is 14.5 Å². The number of piperazine rings is 1. The van der Waals surface area contributed by atoms with E-state index in [0.29, 0.717) is 54.3 Å². The Bertz CT molecular complexity index is 1680. The number of anilines is 1. The van der Waals surface area contributed by atoms with Crippen molar-refractivity contribution in [3.63, 3.8) is 0 Å². The molecule has 1 atom stereocenters. The second kappa shape index (κ2) is 10.00. The lowest BCUT2D eigenvalue weighted by Crippen LogP contribution is -2.50. The summed E-state index contributed by atoms with van der Waals surface area (Å²) in [6.45, 7) is 2.09. The Hall–Kier alpha value is -5.08. The maximum atomic E-state index is 12.8. The van der Waals surface area contributed by atoms with E-state index in [1.54, 1.807) is 63.1 Å². The number of hydrogen-bond acceptors (Lipinski definition) is 8. The van der Waals surface area contributed by atoms with Crippen LogP contribution in [0.15, 0.2) is 73.6 Å². The molecule has 39 heavy (non-hydrogen) atoms. The third kappa shape index (κ3) is 4.58. The summed E-state index contributed by atoms with van der Waals surface area (Å²) in [5.74, 6) is 0.400. The second-order valence-corrected chi connectivity index (χ2v) is 9.39. The van der Waals surface area contributed by atoms with Gasteiger partial charge in [-0.05, 0) is 11.6 Å². The molecule has 0 bridgehead atoms. The number of fused-ring (bicyclic) bond motifs is 1. The third-order valence-corrected chi connectivity index (χ3v) is 6.95. The summed E-state index contributed by atoms with van der Waals surface area (Å²) in [5.41, 5.74) is 4.88. The number of nitrogens with zero attached hydrogens (tertiary/aromatic N) is 9. The zero-order valence-electron chi connectivity index (χ0n) is 21.2. The quantitative estimate of drug-likeness (QED) is 0.375. The van der Waals surface area contributed by atoms with Gasteiger partial charge in [0.1, 0.15) is 11.9 Å². The van der Waals surface area contributed by atoms with E-state index in [1.807, 2.05) is 31.6 Å². The van der Waals surface area contributed by atoms with Crippen LogP contribution in [0.3, 0.4) is 0 Å². The molecule has 0 spiro atoms. The van der Waals surface area contributed by atoms with Crippen molar-refractivity contribution in [3.8, 4) is 28.5 Å². The number of benzene rings is 1. The van der Waals surface area contributed by atoms with Crippen LogP contribution in [0.2, 0.25) is 0 Å². The lowest BCUT2D eigenvalue weighted by Gasteiger charge is -2.36. The minimum Gasteiger partial charge on any atom is -0.378 e. The molecule has 5 aromatic rings. The molecule has 1 unspecified atom stereocenters. The van der Waals surface area contributed by atoms with E-state index in [1.165, 1.54) is 0 Å². The Morgan fingerprint density at radius 2 is 1.77 bits per heavy atom. The highest BCUT2D eigenvalue weighted by molar-refractivity contribution is 5.86. The number of pyridine rings is 1. The first kappa shape index (κ1) is 24.3. The highest BCUT2D eigenvalue weighted by atomic mass is 16.3. The van der Waals surface area contributed by atoms with E-state index in [-0.39, 0.29) is 5.91 Å². The monoisotopic (exact) mass is 519 g/mol. The van der Waals surface area contributed by atoms with E-state index in [0.717, 1.165) is 16.7 Å². The van der Waals surface area contributed by atoms with Gasteiger partial charge in [0.15, 0.2) is 6.10 Å². The van der Waals surface area contributed by atoms with Crippen LogP contribution in [0.4, 0.5) is 5.82 Å². The summed E-state index contributed by atoms with van der Waals surface area (Å²) in [6, 6.07) is 13.1. The van der Waals surface area contributed by atoms with Gasteiger partial charge >= 0.3 is 0 Å². The number of hydrogen-bond donors (Lipinski definition) is 1. The van der Waals surface area contributed by atoms with Gasteiger partial charge in [-0.25, -0.2) is 9.50 Å². The largest absolute Gasteiger partial charge is 0.378 e. The molecule has 1 saturated heterocycles. The fourth-order valence-corrected chi connectivity index (χ4v) is 4.86. The molecule has 11 nitrogen and oxygen atoms in total. The topological polar surface area (TPSA) is 128 Å². The van der Waals surface area contributed by atoms with Crippen LogP contribution >= 0.6 is 0 Å². The highest BCUT2D eigenvalue weighted by Gasteiger charge is 2.27. The number of nitriles is 1. The molecule has 0 saturated carbocycles. The lowest BCUT2D eigenvalue weighted by molar-refractivity contribution is -0.140. The molecule has 1 aliphatic rings. The number of amides is 1. The van der Waals surface area contributed by atoms with Crippen molar-refractivity contribution in [2.24, 2.45) is 7.05 Å². The molecule has 1 amide bonds. The van der Waals surface area contributed by atoms with E-state index < -0.39 is 6.10 Å². The van der Waals surface area contributed by atoms with Crippen LogP contribution in [0, 0.1) is 11.3 Å². The van der Waals surface area contributed by atoms with Gasteiger partial charge in [0.2, 0.25) is 0 Å². The summed E-state index contributed by atoms with van der Waals surface area (Å²) < 4.78 is 3.42. The number of aryl methyl sites for hydroxylation is 1. The number of aromatic nitrogens is 6. The standard InChI is InChI=1S/C28H25N9O2/c1-34-17-22(14-32-34)20-11-23(26-21(12-29)13-33-37(26)18-20)24-15-31-25(16-30-24)35-7-9-36(10-8-35)28(39)27(38)19-5-3-2-4-6-19/h2-6,11,13-18,27,38H,7-10H2,1H3. The van der Waals surface area contributed by atoms with Crippen LogP contribution < -0.4 is 4.90 Å². The zero-order chi connectivity index (χ0) is 26.9. The van der Waals surface area contributed by atoms with E-state index in [2.05, 4.69) is 26.2 Å². The molecule has 0 aliphatic carbocycles. The first-order valence-corrected chi connectivity index (χ1v) is 12.5. The van der Waals surface area contributed by atoms with Crippen molar-refractivity contribution >= 4 is 17.2 Å². The van der Waals surface area contributed by atoms with Crippen molar-refractivity contribution in [1.82, 2.24) is 34.3 Å². The number of rotatable bonds is 5. The van der Waals surface area contributed by atoms with E-state index >= 15 is 0 Å². The average molecular weight is 520 g/mol. The average Bonchev–Trinajstić information content (AvgIpc) is 3.62. The Kier molecular flexibility index (Phi) is 6.22. The fourth-order valence-electron chi connectivity index (χ4n) is 4.86. The number of carbonyl (C=O) groups is 1. The molecule has 1 aliphatic heterocycles. The Morgan fingerprint density at radius 3 is 2.44 bits per heavy atom. The predicted molar refractivity (Wildman–Crippen MR) is 143 cm³/mol. The Labute approximate surface area is 224 Å². The van der Waals surface area contributed by atoms with Gasteiger partial charge in [-0.15, -0.1) is 0 Å². The van der Waals surface area contributed by atoms with Crippen LogP contribution in [0.1, 0.15) is 17.2 Å². The number of aliphatic hydroxyl groups is 1. The van der Waals surface area contributed by atoms with Crippen LogP contribution in [-0.4, -0.2) is 71.5 Å². The van der Waals surface area contributed by atoms with Crippen molar-refractivity contribution < 1.29 is 9.90 Å². The Balaban J connectivity index is 1.22. The highest BCUT2D eigenvalue weighted by Crippen LogP contribution is 2.31. The molecular weight excluding hydrogens is 494 g/mol. The van der Waals surface area contributed by atoms with E-state index in [9.17, 15) is 15.2 Å². The third-order valence-electron chi connectivity index (χ3n) is 6.95. The van der Waals surface area contributed by atoms with Crippen LogP contribution in [0.5, 0.6) is 0 Å². The summed E-state index contributed by atoms with van der Waals surface area (Å²) in [5, 5.41) is 28.8. The van der Waals surface area contributed by atoms with Gasteiger partial charge in [0.05, 0.1) is 41.6 Å². The molecule has 11 heteroatoms. The molecule has 0 radical (unpaired) electrons. The van der Waals surface area contributed by atoms with Gasteiger partial charge in [-0.2, -0.15) is 15.5 Å². The number of aliphatic hydroxyl groups excluding tert-OH is 1. The Morgan fingerprint density at radius 1 is 0.974 bits per heavy atom. The lowest BCUT2D eigenvalue weighted by atomic mass is 10.0. The maximum absolute atomic E-state index is 12.8. The van der Waals surface area contributed by atoms with Crippen molar-refractivity contribution in [3.05, 3.63) is 84.7 Å². The summed E-state index contributed by atoms with van der Waals surface area (Å²) >= 11 is 0. The van der Waals surface area contributed by atoms with Gasteiger partial charge in [-0.1, -0.05) is 30.3 Å². The molecule has 4 aromatic heterocycles. The maximum Gasteiger partial charge on any atom is 0.256 e.